The van der Waals surface area contributed by atoms with E-state index in [0.717, 1.165) is 18.3 Å². The predicted molar refractivity (Wildman–Crippen MR) is 176 cm³/mol. The number of halogens is 2. The molecule has 0 spiro atoms. The number of benzene rings is 1. The van der Waals surface area contributed by atoms with E-state index in [1.807, 2.05) is 41.5 Å². The van der Waals surface area contributed by atoms with Crippen molar-refractivity contribution in [2.24, 2.45) is 7.05 Å². The van der Waals surface area contributed by atoms with Gasteiger partial charge < -0.3 is 23.8 Å². The number of amides is 2. The maximum atomic E-state index is 14.6. The number of ether oxygens (including phenoxy) is 2. The number of aromatic nitrogens is 1. The molecule has 10 nitrogen and oxygen atoms in total. The molecule has 2 amide bonds. The van der Waals surface area contributed by atoms with Crippen molar-refractivity contribution < 1.29 is 27.8 Å². The van der Waals surface area contributed by atoms with Crippen LogP contribution >= 0.6 is 0 Å². The second kappa shape index (κ2) is 13.3. The van der Waals surface area contributed by atoms with Gasteiger partial charge >= 0.3 is 6.09 Å². The van der Waals surface area contributed by atoms with Crippen molar-refractivity contribution in [1.82, 2.24) is 19.3 Å². The van der Waals surface area contributed by atoms with Crippen LogP contribution in [0.15, 0.2) is 29.1 Å². The van der Waals surface area contributed by atoms with Crippen LogP contribution < -0.4 is 10.5 Å². The van der Waals surface area contributed by atoms with Gasteiger partial charge in [0.15, 0.2) is 0 Å². The van der Waals surface area contributed by atoms with Gasteiger partial charge in [0, 0.05) is 81.4 Å². The summed E-state index contributed by atoms with van der Waals surface area (Å²) in [6.07, 6.45) is -0.393. The van der Waals surface area contributed by atoms with Gasteiger partial charge in [0.05, 0.1) is 31.1 Å². The predicted octanol–water partition coefficient (Wildman–Crippen LogP) is 3.91. The van der Waals surface area contributed by atoms with E-state index in [2.05, 4.69) is 16.7 Å². The lowest BCUT2D eigenvalue weighted by Gasteiger charge is -2.47. The minimum Gasteiger partial charge on any atom is -0.444 e. The minimum absolute atomic E-state index is 0.0293. The van der Waals surface area contributed by atoms with Crippen molar-refractivity contribution in [3.05, 3.63) is 63.1 Å². The summed E-state index contributed by atoms with van der Waals surface area (Å²) in [6.45, 7) is 17.7. The third-order valence-electron chi connectivity index (χ3n) is 9.52. The summed E-state index contributed by atoms with van der Waals surface area (Å²) in [4.78, 5) is 49.0. The fraction of sp³-hybridized carbons (Fsp3) is 0.629. The Bertz CT molecular complexity index is 1570. The van der Waals surface area contributed by atoms with Gasteiger partial charge in [-0.15, -0.1) is 0 Å². The second-order valence-corrected chi connectivity index (χ2v) is 15.0. The quantitative estimate of drug-likeness (QED) is 0.466. The average Bonchev–Trinajstić information content (AvgIpc) is 3.24. The Morgan fingerprint density at radius 1 is 1.04 bits per heavy atom. The highest BCUT2D eigenvalue weighted by atomic mass is 19.1. The van der Waals surface area contributed by atoms with Crippen molar-refractivity contribution in [2.75, 3.05) is 57.4 Å². The zero-order valence-corrected chi connectivity index (χ0v) is 28.9. The van der Waals surface area contributed by atoms with Crippen molar-refractivity contribution in [3.63, 3.8) is 0 Å². The molecule has 2 aromatic rings. The topological polar surface area (TPSA) is 87.6 Å². The number of hydrogen-bond donors (Lipinski definition) is 0. The van der Waals surface area contributed by atoms with Crippen LogP contribution in [0.3, 0.4) is 0 Å². The number of anilines is 1. The molecule has 0 saturated carbocycles. The van der Waals surface area contributed by atoms with Crippen LogP contribution in [0.5, 0.6) is 0 Å². The zero-order valence-electron chi connectivity index (χ0n) is 28.9. The monoisotopic (exact) mass is 657 g/mol. The first-order chi connectivity index (χ1) is 21.9. The Morgan fingerprint density at radius 3 is 2.43 bits per heavy atom. The van der Waals surface area contributed by atoms with Gasteiger partial charge in [-0.3, -0.25) is 19.4 Å². The highest BCUT2D eigenvalue weighted by Gasteiger charge is 2.43. The summed E-state index contributed by atoms with van der Waals surface area (Å²) in [6, 6.07) is 4.91. The number of rotatable bonds is 6. The smallest absolute Gasteiger partial charge is 0.410 e. The molecule has 47 heavy (non-hydrogen) atoms. The molecular formula is C35H49F2N5O5. The van der Waals surface area contributed by atoms with Gasteiger partial charge in [-0.05, 0) is 52.3 Å². The molecule has 258 valence electrons. The van der Waals surface area contributed by atoms with Crippen molar-refractivity contribution in [2.45, 2.75) is 84.0 Å². The van der Waals surface area contributed by atoms with Crippen LogP contribution in [0.25, 0.3) is 0 Å². The van der Waals surface area contributed by atoms with Crippen LogP contribution in [0.1, 0.15) is 65.3 Å². The molecule has 5 rings (SSSR count). The molecule has 3 atom stereocenters. The normalized spacial score (nSPS) is 23.6. The Hall–Kier alpha value is -3.35. The van der Waals surface area contributed by atoms with E-state index in [-0.39, 0.29) is 54.2 Å². The van der Waals surface area contributed by atoms with E-state index >= 15 is 0 Å². The number of morpholine rings is 1. The Morgan fingerprint density at radius 2 is 1.77 bits per heavy atom. The minimum atomic E-state index is -0.721. The van der Waals surface area contributed by atoms with Gasteiger partial charge in [0.25, 0.3) is 5.56 Å². The molecular weight excluding hydrogens is 608 g/mol. The molecule has 1 aromatic heterocycles. The van der Waals surface area contributed by atoms with Crippen molar-refractivity contribution in [3.8, 4) is 0 Å². The van der Waals surface area contributed by atoms with Crippen LogP contribution in [0, 0.1) is 11.6 Å². The first-order valence-electron chi connectivity index (χ1n) is 16.5. The van der Waals surface area contributed by atoms with E-state index in [4.69, 9.17) is 9.47 Å². The molecule has 0 bridgehead atoms. The maximum absolute atomic E-state index is 14.6. The fourth-order valence-corrected chi connectivity index (χ4v) is 7.18. The lowest BCUT2D eigenvalue weighted by Crippen LogP contribution is -2.64. The van der Waals surface area contributed by atoms with E-state index in [9.17, 15) is 23.2 Å². The highest BCUT2D eigenvalue weighted by molar-refractivity contribution is 5.97. The first-order valence-corrected chi connectivity index (χ1v) is 16.5. The second-order valence-electron chi connectivity index (χ2n) is 15.0. The Labute approximate surface area is 276 Å². The number of nitrogens with zero attached hydrogens (tertiary/aromatic N) is 5. The van der Waals surface area contributed by atoms with Crippen LogP contribution in [0.2, 0.25) is 0 Å². The standard InChI is InChI=1S/C35H49F2N5O5/c1-22-16-40(27(17-39-11-12-46-20-23(39)2)18-41(22)33(45)47-34(3,4)5)19-30(43)42-21-35(6,7)31-29(42)14-25(32(44)38(31)8)13-24-9-10-26(36)15-28(24)37/h9-10,14-15,22-23,27H,11-13,16-21H2,1-8H3/t22-,23-,27+/m1/s1. The molecule has 4 heterocycles. The molecule has 0 aliphatic carbocycles. The number of carbonyl (C=O) groups is 2. The number of pyridine rings is 1. The number of piperazine rings is 1. The third kappa shape index (κ3) is 7.54. The molecule has 2 fully saturated rings. The summed E-state index contributed by atoms with van der Waals surface area (Å²) in [5.74, 6) is -1.53. The van der Waals surface area contributed by atoms with Gasteiger partial charge in [-0.1, -0.05) is 19.9 Å². The molecule has 3 aliphatic rings. The van der Waals surface area contributed by atoms with Crippen LogP contribution in [0.4, 0.5) is 19.3 Å². The van der Waals surface area contributed by atoms with E-state index in [1.165, 1.54) is 12.1 Å². The maximum Gasteiger partial charge on any atom is 0.410 e. The molecule has 2 saturated heterocycles. The summed E-state index contributed by atoms with van der Waals surface area (Å²) >= 11 is 0. The van der Waals surface area contributed by atoms with Crippen LogP contribution in [-0.2, 0) is 33.2 Å². The Balaban J connectivity index is 1.42. The summed E-state index contributed by atoms with van der Waals surface area (Å²) in [7, 11) is 1.68. The van der Waals surface area contributed by atoms with Crippen molar-refractivity contribution in [1.29, 1.82) is 0 Å². The SMILES string of the molecule is C[C@@H]1COCCN1C[C@H]1CN(C(=O)OC(C)(C)C)[C@H](C)CN1CC(=O)N1CC(C)(C)c2c1cc(Cc1ccc(F)cc1F)c(=O)n2C. The lowest BCUT2D eigenvalue weighted by atomic mass is 9.90. The largest absolute Gasteiger partial charge is 0.444 e. The lowest BCUT2D eigenvalue weighted by molar-refractivity contribution is -0.121. The van der Waals surface area contributed by atoms with E-state index in [0.29, 0.717) is 50.6 Å². The zero-order chi connectivity index (χ0) is 34.4. The average molecular weight is 658 g/mol. The Kier molecular flexibility index (Phi) is 9.88. The number of hydrogen-bond acceptors (Lipinski definition) is 7. The van der Waals surface area contributed by atoms with Gasteiger partial charge in [0.2, 0.25) is 5.91 Å². The first kappa shape index (κ1) is 35.0. The van der Waals surface area contributed by atoms with E-state index in [1.54, 1.807) is 27.5 Å². The molecule has 12 heteroatoms. The molecule has 3 aliphatic heterocycles. The third-order valence-corrected chi connectivity index (χ3v) is 9.52. The summed E-state index contributed by atoms with van der Waals surface area (Å²) < 4.78 is 41.1. The molecule has 1 aromatic carbocycles. The number of carbonyl (C=O) groups excluding carboxylic acids is 2. The van der Waals surface area contributed by atoms with Gasteiger partial charge in [0.1, 0.15) is 17.2 Å². The number of fused-ring (bicyclic) bond motifs is 1. The van der Waals surface area contributed by atoms with Crippen molar-refractivity contribution >= 4 is 17.7 Å². The summed E-state index contributed by atoms with van der Waals surface area (Å²) in [5.41, 5.74) is 0.474. The molecule has 0 unspecified atom stereocenters. The highest BCUT2D eigenvalue weighted by Crippen LogP contribution is 2.40. The summed E-state index contributed by atoms with van der Waals surface area (Å²) in [5, 5.41) is 0. The van der Waals surface area contributed by atoms with Gasteiger partial charge in [-0.2, -0.15) is 0 Å². The fourth-order valence-electron chi connectivity index (χ4n) is 7.18. The van der Waals surface area contributed by atoms with E-state index < -0.39 is 22.7 Å². The molecule has 0 N–H and O–H groups in total. The molecule has 0 radical (unpaired) electrons. The van der Waals surface area contributed by atoms with Crippen LogP contribution in [-0.4, -0.2) is 107 Å². The van der Waals surface area contributed by atoms with Gasteiger partial charge in [-0.25, -0.2) is 13.6 Å².